The third kappa shape index (κ3) is 1.49. The van der Waals surface area contributed by atoms with Crippen molar-refractivity contribution in [2.45, 2.75) is 20.0 Å². The molecule has 1 rings (SSSR count). The summed E-state index contributed by atoms with van der Waals surface area (Å²) in [5.74, 6) is 0. The van der Waals surface area contributed by atoms with Crippen molar-refractivity contribution in [3.63, 3.8) is 0 Å². The summed E-state index contributed by atoms with van der Waals surface area (Å²) in [5, 5.41) is 18.4. The van der Waals surface area contributed by atoms with Gasteiger partial charge in [0.15, 0.2) is 0 Å². The molecule has 1 N–H and O–H groups in total. The molecule has 3 heteroatoms. The Kier molecular flexibility index (Phi) is 2.20. The van der Waals surface area contributed by atoms with Crippen molar-refractivity contribution in [1.29, 1.82) is 5.26 Å². The molecule has 0 saturated heterocycles. The maximum Gasteiger partial charge on any atom is 0.100 e. The van der Waals surface area contributed by atoms with Gasteiger partial charge in [0, 0.05) is 5.56 Å². The highest BCUT2D eigenvalue weighted by Crippen LogP contribution is 2.32. The maximum absolute atomic E-state index is 9.65. The van der Waals surface area contributed by atoms with Crippen LogP contribution in [0.1, 0.15) is 25.5 Å². The Labute approximate surface area is 71.2 Å². The molecule has 0 fully saturated rings. The summed E-state index contributed by atoms with van der Waals surface area (Å²) < 4.78 is 4.81. The van der Waals surface area contributed by atoms with Crippen molar-refractivity contribution in [3.8, 4) is 6.07 Å². The first-order valence-electron chi connectivity index (χ1n) is 3.69. The molecule has 1 aromatic heterocycles. The number of rotatable bonds is 2. The molecule has 0 aromatic carbocycles. The van der Waals surface area contributed by atoms with E-state index in [2.05, 4.69) is 0 Å². The van der Waals surface area contributed by atoms with Crippen LogP contribution >= 0.6 is 0 Å². The van der Waals surface area contributed by atoms with Crippen LogP contribution in [0, 0.1) is 16.7 Å². The van der Waals surface area contributed by atoms with Gasteiger partial charge in [0.25, 0.3) is 0 Å². The van der Waals surface area contributed by atoms with E-state index in [9.17, 15) is 5.11 Å². The predicted molar refractivity (Wildman–Crippen MR) is 43.1 cm³/mol. The van der Waals surface area contributed by atoms with E-state index in [4.69, 9.17) is 9.68 Å². The van der Waals surface area contributed by atoms with Gasteiger partial charge in [-0.25, -0.2) is 0 Å². The zero-order valence-electron chi connectivity index (χ0n) is 7.11. The lowest BCUT2D eigenvalue weighted by Crippen LogP contribution is -2.19. The fraction of sp³-hybridized carbons (Fsp3) is 0.444. The van der Waals surface area contributed by atoms with E-state index in [1.165, 1.54) is 12.5 Å². The van der Waals surface area contributed by atoms with Crippen molar-refractivity contribution < 1.29 is 9.52 Å². The van der Waals surface area contributed by atoms with Gasteiger partial charge < -0.3 is 9.52 Å². The Balaban J connectivity index is 2.87. The van der Waals surface area contributed by atoms with Gasteiger partial charge >= 0.3 is 0 Å². The molecule has 0 saturated carbocycles. The molecule has 0 aliphatic carbocycles. The van der Waals surface area contributed by atoms with Crippen LogP contribution in [0.3, 0.4) is 0 Å². The summed E-state index contributed by atoms with van der Waals surface area (Å²) in [4.78, 5) is 0. The second-order valence-electron chi connectivity index (χ2n) is 3.29. The first-order chi connectivity index (χ1) is 5.58. The van der Waals surface area contributed by atoms with E-state index in [1.807, 2.05) is 6.07 Å². The van der Waals surface area contributed by atoms with Crippen molar-refractivity contribution in [3.05, 3.63) is 24.2 Å². The van der Waals surface area contributed by atoms with E-state index >= 15 is 0 Å². The smallest absolute Gasteiger partial charge is 0.100 e. The molecule has 0 bridgehead atoms. The fourth-order valence-corrected chi connectivity index (χ4v) is 0.908. The van der Waals surface area contributed by atoms with Crippen molar-refractivity contribution in [1.82, 2.24) is 0 Å². The van der Waals surface area contributed by atoms with Gasteiger partial charge in [-0.05, 0) is 19.9 Å². The number of nitrogens with zero attached hydrogens (tertiary/aromatic N) is 1. The molecule has 0 aliphatic rings. The second kappa shape index (κ2) is 3.00. The van der Waals surface area contributed by atoms with Gasteiger partial charge in [-0.3, -0.25) is 0 Å². The SMILES string of the molecule is CC(C)(C#N)C(O)c1ccoc1. The highest BCUT2D eigenvalue weighted by molar-refractivity contribution is 5.16. The number of furan rings is 1. The third-order valence-corrected chi connectivity index (χ3v) is 1.83. The van der Waals surface area contributed by atoms with Gasteiger partial charge in [0.05, 0.1) is 24.0 Å². The van der Waals surface area contributed by atoms with Gasteiger partial charge in [-0.15, -0.1) is 0 Å². The summed E-state index contributed by atoms with van der Waals surface area (Å²) in [7, 11) is 0. The van der Waals surface area contributed by atoms with E-state index in [-0.39, 0.29) is 0 Å². The van der Waals surface area contributed by atoms with Crippen LogP contribution < -0.4 is 0 Å². The standard InChI is InChI=1S/C9H11NO2/c1-9(2,6-10)8(11)7-3-4-12-5-7/h3-5,8,11H,1-2H3. The normalized spacial score (nSPS) is 13.8. The van der Waals surface area contributed by atoms with Gasteiger partial charge in [-0.1, -0.05) is 0 Å². The maximum atomic E-state index is 9.65. The van der Waals surface area contributed by atoms with E-state index < -0.39 is 11.5 Å². The summed E-state index contributed by atoms with van der Waals surface area (Å²) in [5.41, 5.74) is -0.134. The van der Waals surface area contributed by atoms with Crippen LogP contribution in [0.5, 0.6) is 0 Å². The van der Waals surface area contributed by atoms with Crippen LogP contribution in [0.2, 0.25) is 0 Å². The molecular formula is C9H11NO2. The zero-order valence-corrected chi connectivity index (χ0v) is 7.11. The van der Waals surface area contributed by atoms with E-state index in [0.29, 0.717) is 5.56 Å². The highest BCUT2D eigenvalue weighted by Gasteiger charge is 2.29. The quantitative estimate of drug-likeness (QED) is 0.727. The molecule has 1 atom stereocenters. The number of nitriles is 1. The minimum atomic E-state index is -0.791. The van der Waals surface area contributed by atoms with Crippen molar-refractivity contribution in [2.24, 2.45) is 5.41 Å². The van der Waals surface area contributed by atoms with Crippen molar-refractivity contribution >= 4 is 0 Å². The topological polar surface area (TPSA) is 57.2 Å². The fourth-order valence-electron chi connectivity index (χ4n) is 0.908. The van der Waals surface area contributed by atoms with Crippen LogP contribution in [0.4, 0.5) is 0 Å². The first-order valence-corrected chi connectivity index (χ1v) is 3.69. The van der Waals surface area contributed by atoms with Crippen LogP contribution in [-0.2, 0) is 0 Å². The minimum Gasteiger partial charge on any atom is -0.472 e. The lowest BCUT2D eigenvalue weighted by molar-refractivity contribution is 0.0862. The van der Waals surface area contributed by atoms with Gasteiger partial charge in [0.1, 0.15) is 6.10 Å². The first kappa shape index (κ1) is 8.82. The van der Waals surface area contributed by atoms with E-state index in [0.717, 1.165) is 0 Å². The molecular weight excluding hydrogens is 154 g/mol. The Hall–Kier alpha value is -1.27. The van der Waals surface area contributed by atoms with Crippen molar-refractivity contribution in [2.75, 3.05) is 0 Å². The Morgan fingerprint density at radius 3 is 2.75 bits per heavy atom. The van der Waals surface area contributed by atoms with E-state index in [1.54, 1.807) is 19.9 Å². The molecule has 1 aromatic rings. The average molecular weight is 165 g/mol. The number of aliphatic hydroxyl groups is 1. The van der Waals surface area contributed by atoms with Crippen LogP contribution in [0.15, 0.2) is 23.0 Å². The second-order valence-corrected chi connectivity index (χ2v) is 3.29. The summed E-state index contributed by atoms with van der Waals surface area (Å²) in [6.45, 7) is 3.37. The Morgan fingerprint density at radius 2 is 2.33 bits per heavy atom. The van der Waals surface area contributed by atoms with Crippen LogP contribution in [0.25, 0.3) is 0 Å². The molecule has 0 aliphatic heterocycles. The zero-order chi connectivity index (χ0) is 9.19. The number of hydrogen-bond acceptors (Lipinski definition) is 3. The lowest BCUT2D eigenvalue weighted by atomic mass is 9.85. The molecule has 0 amide bonds. The molecule has 0 radical (unpaired) electrons. The molecule has 1 heterocycles. The monoisotopic (exact) mass is 165 g/mol. The minimum absolute atomic E-state index is 0.640. The average Bonchev–Trinajstić information content (AvgIpc) is 2.55. The predicted octanol–water partition coefficient (Wildman–Crippen LogP) is 1.86. The number of aliphatic hydroxyl groups excluding tert-OH is 1. The highest BCUT2D eigenvalue weighted by atomic mass is 16.3. The molecule has 12 heavy (non-hydrogen) atoms. The van der Waals surface area contributed by atoms with Gasteiger partial charge in [0.2, 0.25) is 0 Å². The molecule has 1 unspecified atom stereocenters. The number of hydrogen-bond donors (Lipinski definition) is 1. The van der Waals surface area contributed by atoms with Crippen LogP contribution in [-0.4, -0.2) is 5.11 Å². The van der Waals surface area contributed by atoms with Gasteiger partial charge in [-0.2, -0.15) is 5.26 Å². The Bertz CT molecular complexity index is 282. The lowest BCUT2D eigenvalue weighted by Gasteiger charge is -2.21. The summed E-state index contributed by atoms with van der Waals surface area (Å²) in [6, 6.07) is 3.69. The molecule has 3 nitrogen and oxygen atoms in total. The molecule has 64 valence electrons. The summed E-state index contributed by atoms with van der Waals surface area (Å²) in [6.07, 6.45) is 2.14. The largest absolute Gasteiger partial charge is 0.472 e. The summed E-state index contributed by atoms with van der Waals surface area (Å²) >= 11 is 0. The molecule has 0 spiro atoms. The third-order valence-electron chi connectivity index (χ3n) is 1.83. The Morgan fingerprint density at radius 1 is 1.67 bits per heavy atom.